The van der Waals surface area contributed by atoms with Crippen LogP contribution in [-0.4, -0.2) is 41.3 Å². The number of likely N-dealkylation sites (tertiary alicyclic amines) is 1. The second-order valence-electron chi connectivity index (χ2n) is 5.53. The molecule has 20 heavy (non-hydrogen) atoms. The van der Waals surface area contributed by atoms with E-state index in [1.165, 1.54) is 15.6 Å². The van der Waals surface area contributed by atoms with Gasteiger partial charge in [-0.25, -0.2) is 4.79 Å². The number of ether oxygens (including phenoxy) is 1. The number of hydrogen-bond acceptors (Lipinski definition) is 4. The maximum absolute atomic E-state index is 10.5. The summed E-state index contributed by atoms with van der Waals surface area (Å²) >= 11 is 1.77. The van der Waals surface area contributed by atoms with Gasteiger partial charge in [0.15, 0.2) is 0 Å². The van der Waals surface area contributed by atoms with E-state index in [0.717, 1.165) is 19.6 Å². The van der Waals surface area contributed by atoms with E-state index in [9.17, 15) is 4.79 Å². The summed E-state index contributed by atoms with van der Waals surface area (Å²) in [4.78, 5) is 12.8. The van der Waals surface area contributed by atoms with E-state index in [-0.39, 0.29) is 12.2 Å². The maximum atomic E-state index is 10.5. The predicted octanol–water partition coefficient (Wildman–Crippen LogP) is 2.58. The standard InChI is InChI=1S/C15H17NO3S/c1-15(19-7-14(17)18)9-16(10-15)6-11-8-20-13-5-3-2-4-12(11)13/h2-5,8H,6-7,9-10H2,1H3,(H,17,18). The lowest BCUT2D eigenvalue weighted by Gasteiger charge is -2.47. The first kappa shape index (κ1) is 13.5. The highest BCUT2D eigenvalue weighted by Crippen LogP contribution is 2.31. The van der Waals surface area contributed by atoms with Crippen molar-refractivity contribution >= 4 is 27.4 Å². The van der Waals surface area contributed by atoms with Crippen molar-refractivity contribution in [2.45, 2.75) is 19.1 Å². The molecule has 1 fully saturated rings. The largest absolute Gasteiger partial charge is 0.480 e. The summed E-state index contributed by atoms with van der Waals surface area (Å²) in [6.45, 7) is 4.22. The Morgan fingerprint density at radius 1 is 1.45 bits per heavy atom. The van der Waals surface area contributed by atoms with E-state index in [1.807, 2.05) is 6.92 Å². The van der Waals surface area contributed by atoms with Crippen LogP contribution in [0.2, 0.25) is 0 Å². The molecule has 1 aliphatic heterocycles. The number of thiophene rings is 1. The molecule has 106 valence electrons. The van der Waals surface area contributed by atoms with Gasteiger partial charge >= 0.3 is 5.97 Å². The Hall–Kier alpha value is -1.43. The van der Waals surface area contributed by atoms with Crippen molar-refractivity contribution in [3.05, 3.63) is 35.2 Å². The quantitative estimate of drug-likeness (QED) is 0.920. The molecule has 0 bridgehead atoms. The molecule has 2 aromatic rings. The molecule has 2 heterocycles. The number of fused-ring (bicyclic) bond motifs is 1. The molecule has 0 atom stereocenters. The molecule has 1 aliphatic rings. The molecule has 1 N–H and O–H groups in total. The van der Waals surface area contributed by atoms with E-state index < -0.39 is 5.97 Å². The molecule has 0 spiro atoms. The topological polar surface area (TPSA) is 49.8 Å². The Morgan fingerprint density at radius 2 is 2.20 bits per heavy atom. The average Bonchev–Trinajstić information content (AvgIpc) is 2.78. The Balaban J connectivity index is 1.60. The Morgan fingerprint density at radius 3 is 2.95 bits per heavy atom. The van der Waals surface area contributed by atoms with Crippen LogP contribution in [0.5, 0.6) is 0 Å². The Kier molecular flexibility index (Phi) is 3.50. The van der Waals surface area contributed by atoms with Crippen LogP contribution in [0.3, 0.4) is 0 Å². The molecule has 0 saturated carbocycles. The van der Waals surface area contributed by atoms with Crippen LogP contribution < -0.4 is 0 Å². The smallest absolute Gasteiger partial charge is 0.329 e. The highest BCUT2D eigenvalue weighted by Gasteiger charge is 2.40. The highest BCUT2D eigenvalue weighted by atomic mass is 32.1. The summed E-state index contributed by atoms with van der Waals surface area (Å²) in [5, 5.41) is 12.2. The SMILES string of the molecule is CC1(OCC(=O)O)CN(Cc2csc3ccccc23)C1. The lowest BCUT2D eigenvalue weighted by Crippen LogP contribution is -2.61. The average molecular weight is 291 g/mol. The molecule has 0 radical (unpaired) electrons. The fourth-order valence-corrected chi connectivity index (χ4v) is 3.69. The number of carbonyl (C=O) groups is 1. The lowest BCUT2D eigenvalue weighted by atomic mass is 9.95. The summed E-state index contributed by atoms with van der Waals surface area (Å²) in [5.74, 6) is -0.909. The van der Waals surface area contributed by atoms with Crippen molar-refractivity contribution in [1.29, 1.82) is 0 Å². The molecule has 5 heteroatoms. The number of benzene rings is 1. The minimum Gasteiger partial charge on any atom is -0.480 e. The van der Waals surface area contributed by atoms with Gasteiger partial charge in [-0.3, -0.25) is 4.90 Å². The van der Waals surface area contributed by atoms with Crippen LogP contribution in [0, 0.1) is 0 Å². The number of carboxylic acids is 1. The van der Waals surface area contributed by atoms with Gasteiger partial charge in [0, 0.05) is 24.3 Å². The van der Waals surface area contributed by atoms with Gasteiger partial charge in [-0.2, -0.15) is 0 Å². The number of hydrogen-bond donors (Lipinski definition) is 1. The van der Waals surface area contributed by atoms with Gasteiger partial charge in [-0.1, -0.05) is 18.2 Å². The monoisotopic (exact) mass is 291 g/mol. The highest BCUT2D eigenvalue weighted by molar-refractivity contribution is 7.17. The molecular weight excluding hydrogens is 274 g/mol. The summed E-state index contributed by atoms with van der Waals surface area (Å²) < 4.78 is 6.74. The first-order valence-corrected chi connectivity index (χ1v) is 7.47. The maximum Gasteiger partial charge on any atom is 0.329 e. The van der Waals surface area contributed by atoms with Crippen LogP contribution in [-0.2, 0) is 16.1 Å². The predicted molar refractivity (Wildman–Crippen MR) is 79.1 cm³/mol. The van der Waals surface area contributed by atoms with Gasteiger partial charge in [0.2, 0.25) is 0 Å². The van der Waals surface area contributed by atoms with Gasteiger partial charge in [0.25, 0.3) is 0 Å². The third kappa shape index (κ3) is 2.70. The molecule has 0 amide bonds. The fraction of sp³-hybridized carbons (Fsp3) is 0.400. The molecule has 1 aromatic carbocycles. The summed E-state index contributed by atoms with van der Waals surface area (Å²) in [6, 6.07) is 8.42. The molecule has 3 rings (SSSR count). The number of aliphatic carboxylic acids is 1. The van der Waals surface area contributed by atoms with Gasteiger partial charge in [0.05, 0.1) is 5.60 Å². The van der Waals surface area contributed by atoms with Crippen LogP contribution >= 0.6 is 11.3 Å². The Bertz CT molecular complexity index is 631. The van der Waals surface area contributed by atoms with Gasteiger partial charge in [0.1, 0.15) is 6.61 Å². The summed E-state index contributed by atoms with van der Waals surface area (Å²) in [5.41, 5.74) is 1.02. The number of carboxylic acid groups (broad SMARTS) is 1. The second kappa shape index (κ2) is 5.16. The third-order valence-electron chi connectivity index (χ3n) is 3.62. The van der Waals surface area contributed by atoms with E-state index in [0.29, 0.717) is 0 Å². The Labute approximate surface area is 121 Å². The minimum atomic E-state index is -0.909. The van der Waals surface area contributed by atoms with Crippen molar-refractivity contribution in [3.63, 3.8) is 0 Å². The van der Waals surface area contributed by atoms with E-state index >= 15 is 0 Å². The van der Waals surface area contributed by atoms with Crippen LogP contribution in [0.1, 0.15) is 12.5 Å². The van der Waals surface area contributed by atoms with Crippen LogP contribution in [0.15, 0.2) is 29.6 Å². The van der Waals surface area contributed by atoms with Crippen LogP contribution in [0.25, 0.3) is 10.1 Å². The fourth-order valence-electron chi connectivity index (χ4n) is 2.73. The molecule has 0 aliphatic carbocycles. The van der Waals surface area contributed by atoms with Crippen molar-refractivity contribution in [2.24, 2.45) is 0 Å². The van der Waals surface area contributed by atoms with Crippen molar-refractivity contribution in [1.82, 2.24) is 4.90 Å². The molecule has 1 aromatic heterocycles. The third-order valence-corrected chi connectivity index (χ3v) is 4.63. The lowest BCUT2D eigenvalue weighted by molar-refractivity contribution is -0.165. The molecular formula is C15H17NO3S. The van der Waals surface area contributed by atoms with E-state index in [1.54, 1.807) is 11.3 Å². The van der Waals surface area contributed by atoms with Crippen molar-refractivity contribution < 1.29 is 14.6 Å². The van der Waals surface area contributed by atoms with Crippen LogP contribution in [0.4, 0.5) is 0 Å². The van der Waals surface area contributed by atoms with E-state index in [2.05, 4.69) is 34.5 Å². The summed E-state index contributed by atoms with van der Waals surface area (Å²) in [7, 11) is 0. The number of nitrogens with zero attached hydrogens (tertiary/aromatic N) is 1. The number of rotatable bonds is 5. The zero-order valence-electron chi connectivity index (χ0n) is 11.3. The molecule has 1 saturated heterocycles. The first-order valence-electron chi connectivity index (χ1n) is 6.59. The normalized spacial score (nSPS) is 18.1. The molecule has 4 nitrogen and oxygen atoms in total. The van der Waals surface area contributed by atoms with Crippen molar-refractivity contribution in [2.75, 3.05) is 19.7 Å². The zero-order chi connectivity index (χ0) is 14.2. The van der Waals surface area contributed by atoms with E-state index in [4.69, 9.17) is 9.84 Å². The second-order valence-corrected chi connectivity index (χ2v) is 6.45. The van der Waals surface area contributed by atoms with Gasteiger partial charge < -0.3 is 9.84 Å². The minimum absolute atomic E-state index is 0.217. The molecule has 0 unspecified atom stereocenters. The summed E-state index contributed by atoms with van der Waals surface area (Å²) in [6.07, 6.45) is 0. The first-order chi connectivity index (χ1) is 9.56. The van der Waals surface area contributed by atoms with Gasteiger partial charge in [-0.05, 0) is 29.3 Å². The van der Waals surface area contributed by atoms with Gasteiger partial charge in [-0.15, -0.1) is 11.3 Å². The van der Waals surface area contributed by atoms with Crippen molar-refractivity contribution in [3.8, 4) is 0 Å². The zero-order valence-corrected chi connectivity index (χ0v) is 12.2.